The molecule has 1 amide bonds. The number of nitrogens with zero attached hydrogens (tertiary/aromatic N) is 4. The Bertz CT molecular complexity index is 836. The molecule has 3 N–H and O–H groups in total. The van der Waals surface area contributed by atoms with Gasteiger partial charge in [-0.05, 0) is 51.3 Å². The van der Waals surface area contributed by atoms with E-state index < -0.39 is 17.2 Å². The van der Waals surface area contributed by atoms with E-state index in [1.54, 1.807) is 18.1 Å². The van der Waals surface area contributed by atoms with Gasteiger partial charge in [0.2, 0.25) is 0 Å². The Hall–Kier alpha value is -3.10. The summed E-state index contributed by atoms with van der Waals surface area (Å²) in [5, 5.41) is 13.8. The highest BCUT2D eigenvalue weighted by atomic mass is 16.6. The van der Waals surface area contributed by atoms with Crippen molar-refractivity contribution in [3.8, 4) is 5.69 Å². The first-order chi connectivity index (χ1) is 14.7. The van der Waals surface area contributed by atoms with Crippen molar-refractivity contribution < 1.29 is 9.53 Å². The van der Waals surface area contributed by atoms with Crippen molar-refractivity contribution in [2.45, 2.75) is 65.1 Å². The highest BCUT2D eigenvalue weighted by molar-refractivity contribution is 5.79. The number of guanidine groups is 1. The zero-order valence-electron chi connectivity index (χ0n) is 19.4. The van der Waals surface area contributed by atoms with Crippen molar-refractivity contribution in [2.24, 2.45) is 4.99 Å². The highest BCUT2D eigenvalue weighted by Gasteiger charge is 2.30. The molecule has 0 atom stereocenters. The van der Waals surface area contributed by atoms with Crippen LogP contribution in [0.4, 0.5) is 4.79 Å². The van der Waals surface area contributed by atoms with Gasteiger partial charge in [-0.25, -0.2) is 14.5 Å². The molecule has 0 saturated carbocycles. The first-order valence-electron chi connectivity index (χ1n) is 10.6. The van der Waals surface area contributed by atoms with Gasteiger partial charge in [0.15, 0.2) is 5.96 Å². The lowest BCUT2D eigenvalue weighted by Crippen LogP contribution is -2.57. The number of hydrogen-bond donors (Lipinski definition) is 3. The number of rotatable bonds is 8. The molecule has 1 aromatic carbocycles. The van der Waals surface area contributed by atoms with Gasteiger partial charge in [-0.3, -0.25) is 4.99 Å². The standard InChI is InChI=1S/C22H35N7O2/c1-7-22(8-2,28-20(30)31-21(3,4)5)14-26-19(23-6)25-13-17-9-11-18(12-10-17)29-16-24-15-27-29/h9-12,15-16H,7-8,13-14H2,1-6H3,(H,28,30)(H2,23,25,26). The minimum Gasteiger partial charge on any atom is -0.444 e. The Kier molecular flexibility index (Phi) is 8.41. The van der Waals surface area contributed by atoms with E-state index in [4.69, 9.17) is 4.74 Å². The van der Waals surface area contributed by atoms with Crippen LogP contribution >= 0.6 is 0 Å². The van der Waals surface area contributed by atoms with Crippen LogP contribution in [0.2, 0.25) is 0 Å². The third-order valence-electron chi connectivity index (χ3n) is 5.02. The number of aliphatic imine (C=N–C) groups is 1. The quantitative estimate of drug-likeness (QED) is 0.440. The SMILES string of the molecule is CCC(CC)(CNC(=NC)NCc1ccc(-n2cncn2)cc1)NC(=O)OC(C)(C)C. The molecule has 0 spiro atoms. The van der Waals surface area contributed by atoms with E-state index in [1.807, 2.05) is 45.0 Å². The lowest BCUT2D eigenvalue weighted by Gasteiger charge is -2.34. The molecule has 1 heterocycles. The predicted molar refractivity (Wildman–Crippen MR) is 122 cm³/mol. The molecule has 0 bridgehead atoms. The molecule has 31 heavy (non-hydrogen) atoms. The van der Waals surface area contributed by atoms with Crippen LogP contribution in [0.3, 0.4) is 0 Å². The van der Waals surface area contributed by atoms with Gasteiger partial charge in [-0.2, -0.15) is 5.10 Å². The molecule has 0 radical (unpaired) electrons. The zero-order chi connectivity index (χ0) is 22.9. The summed E-state index contributed by atoms with van der Waals surface area (Å²) in [6.45, 7) is 10.8. The van der Waals surface area contributed by atoms with Crippen LogP contribution in [-0.2, 0) is 11.3 Å². The van der Waals surface area contributed by atoms with Gasteiger partial charge in [-0.1, -0.05) is 26.0 Å². The Morgan fingerprint density at radius 1 is 1.13 bits per heavy atom. The fraction of sp³-hybridized carbons (Fsp3) is 0.545. The van der Waals surface area contributed by atoms with Gasteiger partial charge in [0.05, 0.1) is 11.2 Å². The van der Waals surface area contributed by atoms with Crippen molar-refractivity contribution in [1.29, 1.82) is 0 Å². The number of carbonyl (C=O) groups is 1. The van der Waals surface area contributed by atoms with E-state index in [0.717, 1.165) is 24.1 Å². The molecule has 0 fully saturated rings. The molecule has 0 aliphatic rings. The van der Waals surface area contributed by atoms with Crippen LogP contribution in [0.5, 0.6) is 0 Å². The highest BCUT2D eigenvalue weighted by Crippen LogP contribution is 2.16. The van der Waals surface area contributed by atoms with Crippen LogP contribution < -0.4 is 16.0 Å². The Labute approximate surface area is 184 Å². The fourth-order valence-corrected chi connectivity index (χ4v) is 3.01. The topological polar surface area (TPSA) is 105 Å². The molecule has 0 aliphatic carbocycles. The van der Waals surface area contributed by atoms with Crippen LogP contribution in [0, 0.1) is 0 Å². The molecule has 0 unspecified atom stereocenters. The average molecular weight is 430 g/mol. The van der Waals surface area contributed by atoms with Crippen LogP contribution in [0.15, 0.2) is 41.9 Å². The molecular weight excluding hydrogens is 394 g/mol. The largest absolute Gasteiger partial charge is 0.444 e. The second-order valence-electron chi connectivity index (χ2n) is 8.40. The molecule has 2 rings (SSSR count). The van der Waals surface area contributed by atoms with Crippen LogP contribution in [0.25, 0.3) is 5.69 Å². The lowest BCUT2D eigenvalue weighted by molar-refractivity contribution is 0.0448. The number of benzene rings is 1. The summed E-state index contributed by atoms with van der Waals surface area (Å²) < 4.78 is 7.15. The maximum atomic E-state index is 12.3. The van der Waals surface area contributed by atoms with E-state index in [9.17, 15) is 4.79 Å². The minimum atomic E-state index is -0.536. The summed E-state index contributed by atoms with van der Waals surface area (Å²) in [7, 11) is 1.73. The Morgan fingerprint density at radius 3 is 2.32 bits per heavy atom. The summed E-state index contributed by atoms with van der Waals surface area (Å²) in [5.41, 5.74) is 1.09. The second kappa shape index (κ2) is 10.8. The van der Waals surface area contributed by atoms with Gasteiger partial charge in [0, 0.05) is 20.1 Å². The summed E-state index contributed by atoms with van der Waals surface area (Å²) in [6.07, 6.45) is 4.29. The van der Waals surface area contributed by atoms with Crippen molar-refractivity contribution >= 4 is 12.1 Å². The fourth-order valence-electron chi connectivity index (χ4n) is 3.01. The van der Waals surface area contributed by atoms with E-state index in [-0.39, 0.29) is 0 Å². The van der Waals surface area contributed by atoms with Gasteiger partial charge in [0.1, 0.15) is 18.3 Å². The third-order valence-corrected chi connectivity index (χ3v) is 5.02. The molecule has 2 aromatic rings. The van der Waals surface area contributed by atoms with Crippen molar-refractivity contribution in [3.63, 3.8) is 0 Å². The van der Waals surface area contributed by atoms with Crippen LogP contribution in [0.1, 0.15) is 53.0 Å². The second-order valence-corrected chi connectivity index (χ2v) is 8.40. The molecule has 9 heteroatoms. The number of ether oxygens (including phenoxy) is 1. The number of carbonyl (C=O) groups excluding carboxylic acids is 1. The van der Waals surface area contributed by atoms with E-state index in [2.05, 4.69) is 44.9 Å². The number of hydrogen-bond acceptors (Lipinski definition) is 5. The van der Waals surface area contributed by atoms with Crippen molar-refractivity contribution in [2.75, 3.05) is 13.6 Å². The number of amides is 1. The average Bonchev–Trinajstić information content (AvgIpc) is 3.27. The first kappa shape index (κ1) is 24.2. The van der Waals surface area contributed by atoms with E-state index >= 15 is 0 Å². The van der Waals surface area contributed by atoms with Crippen LogP contribution in [-0.4, -0.2) is 51.5 Å². The number of alkyl carbamates (subject to hydrolysis) is 1. The maximum absolute atomic E-state index is 12.3. The predicted octanol–water partition coefficient (Wildman–Crippen LogP) is 3.02. The first-order valence-corrected chi connectivity index (χ1v) is 10.6. The van der Waals surface area contributed by atoms with E-state index in [0.29, 0.717) is 19.0 Å². The summed E-state index contributed by atoms with van der Waals surface area (Å²) >= 11 is 0. The molecule has 1 aromatic heterocycles. The number of nitrogens with one attached hydrogen (secondary N) is 3. The summed E-state index contributed by atoms with van der Waals surface area (Å²) in [5.74, 6) is 0.664. The van der Waals surface area contributed by atoms with Gasteiger partial charge < -0.3 is 20.7 Å². The Balaban J connectivity index is 1.91. The smallest absolute Gasteiger partial charge is 0.408 e. The lowest BCUT2D eigenvalue weighted by atomic mass is 9.93. The maximum Gasteiger partial charge on any atom is 0.408 e. The summed E-state index contributed by atoms with van der Waals surface area (Å²) in [4.78, 5) is 20.6. The molecular formula is C22H35N7O2. The van der Waals surface area contributed by atoms with Gasteiger partial charge >= 0.3 is 6.09 Å². The minimum absolute atomic E-state index is 0.409. The summed E-state index contributed by atoms with van der Waals surface area (Å²) in [6, 6.07) is 8.05. The normalized spacial score (nSPS) is 12.4. The molecule has 0 saturated heterocycles. The van der Waals surface area contributed by atoms with E-state index in [1.165, 1.54) is 6.33 Å². The molecule has 170 valence electrons. The number of aromatic nitrogens is 3. The monoisotopic (exact) mass is 429 g/mol. The van der Waals surface area contributed by atoms with Gasteiger partial charge in [0.25, 0.3) is 0 Å². The molecule has 0 aliphatic heterocycles. The molecule has 9 nitrogen and oxygen atoms in total. The van der Waals surface area contributed by atoms with Crippen molar-refractivity contribution in [1.82, 2.24) is 30.7 Å². The van der Waals surface area contributed by atoms with Crippen molar-refractivity contribution in [3.05, 3.63) is 42.5 Å². The zero-order valence-corrected chi connectivity index (χ0v) is 19.4. The Morgan fingerprint density at radius 2 is 1.81 bits per heavy atom. The third kappa shape index (κ3) is 7.58. The van der Waals surface area contributed by atoms with Gasteiger partial charge in [-0.15, -0.1) is 0 Å².